The maximum Gasteiger partial charge on any atom is 0.129 e. The molecular formula is C15H13BrCl2FN. The van der Waals surface area contributed by atoms with E-state index in [0.29, 0.717) is 26.5 Å². The average Bonchev–Trinajstić information content (AvgIpc) is 2.42. The van der Waals surface area contributed by atoms with E-state index in [2.05, 4.69) is 21.2 Å². The second kappa shape index (κ2) is 6.90. The van der Waals surface area contributed by atoms with Gasteiger partial charge in [0.1, 0.15) is 5.82 Å². The Labute approximate surface area is 136 Å². The van der Waals surface area contributed by atoms with Gasteiger partial charge < -0.3 is 5.32 Å². The zero-order valence-electron chi connectivity index (χ0n) is 10.8. The molecular weight excluding hydrogens is 364 g/mol. The molecule has 0 spiro atoms. The first kappa shape index (κ1) is 15.8. The highest BCUT2D eigenvalue weighted by Crippen LogP contribution is 2.31. The molecule has 0 aliphatic rings. The van der Waals surface area contributed by atoms with Gasteiger partial charge in [-0.15, -0.1) is 0 Å². The Morgan fingerprint density at radius 1 is 1.20 bits per heavy atom. The lowest BCUT2D eigenvalue weighted by Crippen LogP contribution is -2.20. The highest BCUT2D eigenvalue weighted by molar-refractivity contribution is 9.10. The normalized spacial score (nSPS) is 12.4. The molecule has 0 aliphatic carbocycles. The SMILES string of the molecule is CNC(Cc1ccccc1Cl)c1cc(Cl)c(Br)cc1F. The Bertz CT molecular complexity index is 619. The van der Waals surface area contributed by atoms with Crippen LogP contribution in [0.1, 0.15) is 17.2 Å². The van der Waals surface area contributed by atoms with Gasteiger partial charge in [-0.25, -0.2) is 4.39 Å². The molecule has 0 aromatic heterocycles. The molecule has 20 heavy (non-hydrogen) atoms. The topological polar surface area (TPSA) is 12.0 Å². The van der Waals surface area contributed by atoms with Gasteiger partial charge >= 0.3 is 0 Å². The van der Waals surface area contributed by atoms with Gasteiger partial charge in [-0.05, 0) is 53.2 Å². The second-order valence-electron chi connectivity index (χ2n) is 4.42. The smallest absolute Gasteiger partial charge is 0.129 e. The summed E-state index contributed by atoms with van der Waals surface area (Å²) in [7, 11) is 1.79. The average molecular weight is 377 g/mol. The first-order valence-electron chi connectivity index (χ1n) is 6.08. The van der Waals surface area contributed by atoms with E-state index in [1.54, 1.807) is 13.1 Å². The summed E-state index contributed by atoms with van der Waals surface area (Å²) < 4.78 is 14.7. The highest BCUT2D eigenvalue weighted by atomic mass is 79.9. The maximum absolute atomic E-state index is 14.1. The molecule has 0 saturated heterocycles. The molecule has 2 aromatic rings. The van der Waals surface area contributed by atoms with Gasteiger partial charge in [0.05, 0.1) is 5.02 Å². The van der Waals surface area contributed by atoms with Crippen molar-refractivity contribution in [3.05, 3.63) is 67.9 Å². The second-order valence-corrected chi connectivity index (χ2v) is 6.09. The van der Waals surface area contributed by atoms with Crippen molar-refractivity contribution in [1.29, 1.82) is 0 Å². The lowest BCUT2D eigenvalue weighted by atomic mass is 9.98. The van der Waals surface area contributed by atoms with E-state index < -0.39 is 0 Å². The van der Waals surface area contributed by atoms with Gasteiger partial charge in [0.2, 0.25) is 0 Å². The van der Waals surface area contributed by atoms with Crippen LogP contribution in [0.2, 0.25) is 10.0 Å². The molecule has 0 aliphatic heterocycles. The summed E-state index contributed by atoms with van der Waals surface area (Å²) in [6, 6.07) is 10.4. The number of rotatable bonds is 4. The van der Waals surface area contributed by atoms with E-state index in [0.717, 1.165) is 5.56 Å². The number of hydrogen-bond donors (Lipinski definition) is 1. The van der Waals surface area contributed by atoms with Gasteiger partial charge in [0, 0.05) is 21.1 Å². The molecule has 5 heteroatoms. The minimum atomic E-state index is -0.298. The summed E-state index contributed by atoms with van der Waals surface area (Å²) in [6.45, 7) is 0. The van der Waals surface area contributed by atoms with Crippen molar-refractivity contribution in [2.45, 2.75) is 12.5 Å². The van der Waals surface area contributed by atoms with Crippen LogP contribution >= 0.6 is 39.1 Å². The Hall–Kier alpha value is -0.610. The molecule has 1 nitrogen and oxygen atoms in total. The summed E-state index contributed by atoms with van der Waals surface area (Å²) in [5.41, 5.74) is 1.49. The van der Waals surface area contributed by atoms with E-state index in [1.165, 1.54) is 6.07 Å². The first-order chi connectivity index (χ1) is 9.52. The van der Waals surface area contributed by atoms with Crippen LogP contribution < -0.4 is 5.32 Å². The van der Waals surface area contributed by atoms with Crippen LogP contribution in [-0.2, 0) is 6.42 Å². The fourth-order valence-electron chi connectivity index (χ4n) is 2.06. The maximum atomic E-state index is 14.1. The highest BCUT2D eigenvalue weighted by Gasteiger charge is 2.17. The molecule has 0 amide bonds. The van der Waals surface area contributed by atoms with Crippen LogP contribution in [0, 0.1) is 5.82 Å². The molecule has 1 N–H and O–H groups in total. The van der Waals surface area contributed by atoms with Crippen LogP contribution in [-0.4, -0.2) is 7.05 Å². The number of benzene rings is 2. The lowest BCUT2D eigenvalue weighted by Gasteiger charge is -2.19. The Kier molecular flexibility index (Phi) is 5.44. The Morgan fingerprint density at radius 3 is 2.55 bits per heavy atom. The zero-order chi connectivity index (χ0) is 14.7. The van der Waals surface area contributed by atoms with Gasteiger partial charge in [-0.1, -0.05) is 41.4 Å². The number of nitrogens with one attached hydrogen (secondary N) is 1. The predicted octanol–water partition coefficient (Wildman–Crippen LogP) is 5.40. The molecule has 106 valence electrons. The summed E-state index contributed by atoms with van der Waals surface area (Å²) in [5.74, 6) is -0.298. The van der Waals surface area contributed by atoms with E-state index in [-0.39, 0.29) is 11.9 Å². The monoisotopic (exact) mass is 375 g/mol. The Morgan fingerprint density at radius 2 is 1.90 bits per heavy atom. The molecule has 2 aromatic carbocycles. The fourth-order valence-corrected chi connectivity index (χ4v) is 2.76. The molecule has 1 unspecified atom stereocenters. The third kappa shape index (κ3) is 3.53. The van der Waals surface area contributed by atoms with Gasteiger partial charge in [-0.3, -0.25) is 0 Å². The van der Waals surface area contributed by atoms with Crippen LogP contribution in [0.3, 0.4) is 0 Å². The van der Waals surface area contributed by atoms with Gasteiger partial charge in [0.25, 0.3) is 0 Å². The Balaban J connectivity index is 2.34. The van der Waals surface area contributed by atoms with Crippen molar-refractivity contribution in [2.24, 2.45) is 0 Å². The van der Waals surface area contributed by atoms with Crippen molar-refractivity contribution in [2.75, 3.05) is 7.05 Å². The summed E-state index contributed by atoms with van der Waals surface area (Å²) in [6.07, 6.45) is 0.588. The molecule has 2 rings (SSSR count). The van der Waals surface area contributed by atoms with Crippen LogP contribution in [0.15, 0.2) is 40.9 Å². The number of likely N-dealkylation sites (N-methyl/N-ethyl adjacent to an activating group) is 1. The standard InChI is InChI=1S/C15H13BrCl2FN/c1-20-15(6-9-4-2-3-5-12(9)17)10-7-13(18)11(16)8-14(10)19/h2-5,7-8,15,20H,6H2,1H3. The van der Waals surface area contributed by atoms with E-state index >= 15 is 0 Å². The minimum Gasteiger partial charge on any atom is -0.313 e. The summed E-state index contributed by atoms with van der Waals surface area (Å²) in [5, 5.41) is 4.27. The summed E-state index contributed by atoms with van der Waals surface area (Å²) in [4.78, 5) is 0. The predicted molar refractivity (Wildman–Crippen MR) is 86.1 cm³/mol. The molecule has 0 radical (unpaired) electrons. The quantitative estimate of drug-likeness (QED) is 0.704. The third-order valence-electron chi connectivity index (χ3n) is 3.15. The molecule has 0 saturated carbocycles. The minimum absolute atomic E-state index is 0.194. The van der Waals surface area contributed by atoms with Crippen molar-refractivity contribution in [1.82, 2.24) is 5.32 Å². The van der Waals surface area contributed by atoms with E-state index in [1.807, 2.05) is 24.3 Å². The van der Waals surface area contributed by atoms with Crippen molar-refractivity contribution in [3.8, 4) is 0 Å². The first-order valence-corrected chi connectivity index (χ1v) is 7.63. The van der Waals surface area contributed by atoms with Crippen molar-refractivity contribution >= 4 is 39.1 Å². The van der Waals surface area contributed by atoms with E-state index in [9.17, 15) is 4.39 Å². The van der Waals surface area contributed by atoms with E-state index in [4.69, 9.17) is 23.2 Å². The largest absolute Gasteiger partial charge is 0.313 e. The lowest BCUT2D eigenvalue weighted by molar-refractivity contribution is 0.533. The fraction of sp³-hybridized carbons (Fsp3) is 0.200. The molecule has 0 heterocycles. The van der Waals surface area contributed by atoms with Gasteiger partial charge in [-0.2, -0.15) is 0 Å². The van der Waals surface area contributed by atoms with Gasteiger partial charge in [0.15, 0.2) is 0 Å². The molecule has 0 bridgehead atoms. The number of halogens is 4. The third-order valence-corrected chi connectivity index (χ3v) is 4.71. The molecule has 1 atom stereocenters. The zero-order valence-corrected chi connectivity index (χ0v) is 13.9. The van der Waals surface area contributed by atoms with Crippen LogP contribution in [0.25, 0.3) is 0 Å². The number of hydrogen-bond acceptors (Lipinski definition) is 1. The van der Waals surface area contributed by atoms with Crippen molar-refractivity contribution < 1.29 is 4.39 Å². The summed E-state index contributed by atoms with van der Waals surface area (Å²) >= 11 is 15.4. The van der Waals surface area contributed by atoms with Crippen molar-refractivity contribution in [3.63, 3.8) is 0 Å². The van der Waals surface area contributed by atoms with Crippen LogP contribution in [0.5, 0.6) is 0 Å². The van der Waals surface area contributed by atoms with Crippen LogP contribution in [0.4, 0.5) is 4.39 Å². The molecule has 0 fully saturated rings.